The Hall–Kier alpha value is 3.42. The molecule has 0 spiro atoms. The smallest absolute Gasteiger partial charge is 0 e. The zero-order valence-electron chi connectivity index (χ0n) is 1.93. The van der Waals surface area contributed by atoms with Gasteiger partial charge in [0.15, 0.2) is 0 Å². The van der Waals surface area contributed by atoms with Crippen LogP contribution in [0.1, 0.15) is 0 Å². The topological polar surface area (TPSA) is 0 Å². The van der Waals surface area contributed by atoms with E-state index in [0.29, 0.717) is 0 Å². The molecule has 0 atom stereocenters. The maximum atomic E-state index is 0. The molecule has 0 N–H and O–H groups in total. The number of hydrogen-bond donors (Lipinski definition) is 0. The van der Waals surface area contributed by atoms with E-state index >= 15 is 0 Å². The van der Waals surface area contributed by atoms with Crippen molar-refractivity contribution >= 4 is 0 Å². The Kier molecular flexibility index (Phi) is 105. The second-order valence-electron chi connectivity index (χ2n) is 0. The molecule has 0 bridgehead atoms. The Labute approximate surface area is 100 Å². The van der Waals surface area contributed by atoms with Crippen LogP contribution in [-0.4, -0.2) is 0 Å². The first-order chi connectivity index (χ1) is 0. The fourth-order valence-corrected chi connectivity index (χ4v) is 0. The van der Waals surface area contributed by atoms with Crippen LogP contribution >= 0.6 is 0 Å². The third-order valence-electron chi connectivity index (χ3n) is 0. The molecule has 0 amide bonds. The normalized spacial score (nSPS) is 0. The first-order valence-corrected chi connectivity index (χ1v) is 0. The number of rotatable bonds is 0. The van der Waals surface area contributed by atoms with Gasteiger partial charge in [0.2, 0.25) is 0 Å². The second-order valence-corrected chi connectivity index (χ2v) is 0. The van der Waals surface area contributed by atoms with Crippen molar-refractivity contribution < 1.29 is 102 Å². The van der Waals surface area contributed by atoms with Gasteiger partial charge in [0.25, 0.3) is 0 Å². The van der Waals surface area contributed by atoms with Crippen molar-refractivity contribution in [2.75, 3.05) is 0 Å². The van der Waals surface area contributed by atoms with Crippen molar-refractivity contribution in [1.29, 1.82) is 0 Å². The Bertz CT molecular complexity index is 8.00. The molecule has 0 fully saturated rings. The van der Waals surface area contributed by atoms with E-state index in [9.17, 15) is 0 Å². The fourth-order valence-electron chi connectivity index (χ4n) is 0. The van der Waals surface area contributed by atoms with Crippen molar-refractivity contribution in [3.63, 3.8) is 0 Å². The van der Waals surface area contributed by atoms with Gasteiger partial charge in [-0.25, -0.2) is 0 Å². The van der Waals surface area contributed by atoms with Crippen LogP contribution in [0.2, 0.25) is 0 Å². The maximum absolute atomic E-state index is 0. The molecular formula is MoNbYZr. The van der Waals surface area contributed by atoms with Gasteiger partial charge in [0.1, 0.15) is 0 Å². The predicted molar refractivity (Wildman–Crippen MR) is 0 cm³/mol. The molecule has 0 saturated heterocycles. The van der Waals surface area contributed by atoms with Crippen LogP contribution in [0.3, 0.4) is 0 Å². The summed E-state index contributed by atoms with van der Waals surface area (Å²) < 4.78 is 0. The van der Waals surface area contributed by atoms with E-state index < -0.39 is 0 Å². The average Bonchev–Trinajstić information content (AvgIpc) is 0. The summed E-state index contributed by atoms with van der Waals surface area (Å²) in [7, 11) is 0. The number of hydrogen-bond acceptors (Lipinski definition) is 0. The first-order valence-electron chi connectivity index (χ1n) is 0. The van der Waals surface area contributed by atoms with Crippen LogP contribution in [0.4, 0.5) is 0 Å². The van der Waals surface area contributed by atoms with E-state index in [1.54, 1.807) is 0 Å². The van der Waals surface area contributed by atoms with Crippen LogP contribution < -0.4 is 0 Å². The minimum Gasteiger partial charge on any atom is 0 e. The van der Waals surface area contributed by atoms with Crippen molar-refractivity contribution in [3.05, 3.63) is 0 Å². The van der Waals surface area contributed by atoms with Crippen molar-refractivity contribution in [2.24, 2.45) is 0 Å². The zero-order valence-corrected chi connectivity index (χ0v) is 11.4. The standard InChI is InChI=1S/Mo.Nb.Y.Zr. The molecule has 0 rings (SSSR count). The van der Waals surface area contributed by atoms with Crippen LogP contribution in [0.5, 0.6) is 0 Å². The van der Waals surface area contributed by atoms with Crippen LogP contribution in [0.15, 0.2) is 0 Å². The van der Waals surface area contributed by atoms with Gasteiger partial charge in [-0.05, 0) is 0 Å². The summed E-state index contributed by atoms with van der Waals surface area (Å²) >= 11 is 0. The molecule has 0 aromatic heterocycles. The molecular weight excluding hydrogens is 369 g/mol. The first kappa shape index (κ1) is 26.2. The van der Waals surface area contributed by atoms with Crippen LogP contribution in [-0.2, 0) is 102 Å². The molecule has 0 unspecified atom stereocenters. The third-order valence-corrected chi connectivity index (χ3v) is 0. The summed E-state index contributed by atoms with van der Waals surface area (Å²) in [6.07, 6.45) is 0. The maximum Gasteiger partial charge on any atom is 0 e. The quantitative estimate of drug-likeness (QED) is 0.528. The van der Waals surface area contributed by atoms with E-state index in [1.807, 2.05) is 0 Å². The summed E-state index contributed by atoms with van der Waals surface area (Å²) in [5.74, 6) is 0. The van der Waals surface area contributed by atoms with Crippen molar-refractivity contribution in [3.8, 4) is 0 Å². The molecule has 4 heavy (non-hydrogen) atoms. The fraction of sp³-hybridized carbons (Fsp3) is 0. The molecule has 2 radical (unpaired) electrons. The Morgan fingerprint density at radius 2 is 1.00 bits per heavy atom. The minimum atomic E-state index is 0. The molecule has 18 valence electrons. The Morgan fingerprint density at radius 1 is 1.00 bits per heavy atom. The van der Waals surface area contributed by atoms with Gasteiger partial charge in [0.05, 0.1) is 0 Å². The SMILES string of the molecule is [Mo].[Nb].[Y].[Zr]. The largest absolute Gasteiger partial charge is 0 e. The summed E-state index contributed by atoms with van der Waals surface area (Å²) in [5, 5.41) is 0. The van der Waals surface area contributed by atoms with Gasteiger partial charge < -0.3 is 0 Å². The molecule has 4 heteroatoms. The Balaban J connectivity index is 0. The second kappa shape index (κ2) is 16.1. The minimum absolute atomic E-state index is 0. The summed E-state index contributed by atoms with van der Waals surface area (Å²) in [6.45, 7) is 0. The zero-order chi connectivity index (χ0) is 0. The molecule has 0 saturated carbocycles. The molecule has 0 aromatic carbocycles. The molecule has 0 heterocycles. The van der Waals surface area contributed by atoms with Gasteiger partial charge >= 0.3 is 0 Å². The van der Waals surface area contributed by atoms with E-state index in [4.69, 9.17) is 0 Å². The molecule has 0 aliphatic heterocycles. The van der Waals surface area contributed by atoms with Gasteiger partial charge in [-0.2, -0.15) is 0 Å². The van der Waals surface area contributed by atoms with E-state index in [2.05, 4.69) is 0 Å². The van der Waals surface area contributed by atoms with E-state index in [1.165, 1.54) is 0 Å². The summed E-state index contributed by atoms with van der Waals surface area (Å²) in [5.41, 5.74) is 0. The van der Waals surface area contributed by atoms with Crippen molar-refractivity contribution in [2.45, 2.75) is 0 Å². The molecule has 0 aliphatic carbocycles. The predicted octanol–water partition coefficient (Wildman–Crippen LogP) is -0.0100. The molecule has 0 aliphatic rings. The van der Waals surface area contributed by atoms with E-state index in [-0.39, 0.29) is 102 Å². The van der Waals surface area contributed by atoms with Gasteiger partial charge in [-0.1, -0.05) is 0 Å². The monoisotopic (exact) mass is 370 g/mol. The van der Waals surface area contributed by atoms with Crippen molar-refractivity contribution in [1.82, 2.24) is 0 Å². The van der Waals surface area contributed by atoms with Crippen LogP contribution in [0.25, 0.3) is 0 Å². The average molecular weight is 369 g/mol. The van der Waals surface area contributed by atoms with Gasteiger partial charge in [-0.3, -0.25) is 0 Å². The van der Waals surface area contributed by atoms with Gasteiger partial charge in [-0.15, -0.1) is 0 Å². The third kappa shape index (κ3) is 9.05. The summed E-state index contributed by atoms with van der Waals surface area (Å²) in [4.78, 5) is 0. The van der Waals surface area contributed by atoms with E-state index in [0.717, 1.165) is 0 Å². The molecule has 0 nitrogen and oxygen atoms in total. The Morgan fingerprint density at radius 3 is 1.00 bits per heavy atom. The molecule has 0 aromatic rings. The summed E-state index contributed by atoms with van der Waals surface area (Å²) in [6, 6.07) is 0. The van der Waals surface area contributed by atoms with Crippen LogP contribution in [0, 0.1) is 0 Å². The van der Waals surface area contributed by atoms with Gasteiger partial charge in [0, 0.05) is 102 Å².